The Morgan fingerprint density at radius 1 is 1.38 bits per heavy atom. The van der Waals surface area contributed by atoms with Crippen molar-refractivity contribution in [3.8, 4) is 0 Å². The van der Waals surface area contributed by atoms with Crippen LogP contribution in [0.1, 0.15) is 41.0 Å². The number of amides is 1. The lowest BCUT2D eigenvalue weighted by Gasteiger charge is -2.22. The first kappa shape index (κ1) is 15.3. The number of thiophene rings is 1. The van der Waals surface area contributed by atoms with Crippen LogP contribution in [0.5, 0.6) is 0 Å². The van der Waals surface area contributed by atoms with E-state index in [1.165, 1.54) is 0 Å². The van der Waals surface area contributed by atoms with E-state index in [-0.39, 0.29) is 17.8 Å². The average Bonchev–Trinajstić information content (AvgIpc) is 3.11. The van der Waals surface area contributed by atoms with E-state index in [2.05, 4.69) is 9.97 Å². The minimum atomic E-state index is -2.65. The fourth-order valence-electron chi connectivity index (χ4n) is 2.76. The first-order valence-corrected chi connectivity index (χ1v) is 8.66. The van der Waals surface area contributed by atoms with Crippen molar-refractivity contribution in [2.24, 2.45) is 0 Å². The van der Waals surface area contributed by atoms with Crippen LogP contribution in [0, 0.1) is 0 Å². The van der Waals surface area contributed by atoms with Gasteiger partial charge in [0.2, 0.25) is 0 Å². The van der Waals surface area contributed by atoms with Crippen LogP contribution in [0.15, 0.2) is 35.0 Å². The molecule has 1 aliphatic carbocycles. The van der Waals surface area contributed by atoms with Gasteiger partial charge in [-0.15, -0.1) is 0 Å². The summed E-state index contributed by atoms with van der Waals surface area (Å²) in [6.07, 6.45) is -0.631. The zero-order valence-corrected chi connectivity index (χ0v) is 13.5. The van der Waals surface area contributed by atoms with Crippen LogP contribution in [-0.2, 0) is 6.54 Å². The average molecular weight is 347 g/mol. The van der Waals surface area contributed by atoms with E-state index in [1.807, 2.05) is 21.7 Å². The Hall–Kier alpha value is -2.28. The van der Waals surface area contributed by atoms with Crippen molar-refractivity contribution in [2.75, 3.05) is 0 Å². The Kier molecular flexibility index (Phi) is 3.80. The highest BCUT2D eigenvalue weighted by Crippen LogP contribution is 2.31. The number of carbonyl (C=O) groups excluding carboxylic acids is 1. The number of nitrogens with one attached hydrogen (secondary N) is 1. The van der Waals surface area contributed by atoms with E-state index < -0.39 is 6.43 Å². The summed E-state index contributed by atoms with van der Waals surface area (Å²) in [6, 6.07) is 7.16. The molecule has 2 heterocycles. The van der Waals surface area contributed by atoms with Crippen molar-refractivity contribution in [1.29, 1.82) is 0 Å². The largest absolute Gasteiger partial charge is 0.337 e. The van der Waals surface area contributed by atoms with Gasteiger partial charge in [-0.2, -0.15) is 11.3 Å². The third-order valence-corrected chi connectivity index (χ3v) is 4.87. The van der Waals surface area contributed by atoms with Gasteiger partial charge < -0.3 is 9.88 Å². The molecule has 2 aromatic heterocycles. The molecule has 4 nitrogen and oxygen atoms in total. The van der Waals surface area contributed by atoms with Crippen LogP contribution < -0.4 is 0 Å². The predicted octanol–water partition coefficient (Wildman–Crippen LogP) is 4.37. The van der Waals surface area contributed by atoms with Gasteiger partial charge >= 0.3 is 0 Å². The lowest BCUT2D eigenvalue weighted by Crippen LogP contribution is -2.32. The van der Waals surface area contributed by atoms with E-state index in [0.717, 1.165) is 18.4 Å². The van der Waals surface area contributed by atoms with Gasteiger partial charge in [-0.1, -0.05) is 0 Å². The monoisotopic (exact) mass is 347 g/mol. The summed E-state index contributed by atoms with van der Waals surface area (Å²) >= 11 is 1.61. The summed E-state index contributed by atoms with van der Waals surface area (Å²) in [5, 5.41) is 4.03. The molecule has 7 heteroatoms. The number of aromatic nitrogens is 2. The molecule has 3 aromatic rings. The number of hydrogen-bond donors (Lipinski definition) is 1. The molecule has 0 unspecified atom stereocenters. The molecule has 0 atom stereocenters. The fraction of sp³-hybridized carbons (Fsp3) is 0.294. The molecule has 1 amide bonds. The molecule has 0 saturated heterocycles. The van der Waals surface area contributed by atoms with Crippen LogP contribution in [-0.4, -0.2) is 26.8 Å². The van der Waals surface area contributed by atoms with Crippen LogP contribution in [0.3, 0.4) is 0 Å². The summed E-state index contributed by atoms with van der Waals surface area (Å²) in [6.45, 7) is 0.580. The Morgan fingerprint density at radius 2 is 2.21 bits per heavy atom. The van der Waals surface area contributed by atoms with Crippen molar-refractivity contribution in [3.63, 3.8) is 0 Å². The molecule has 0 aliphatic heterocycles. The van der Waals surface area contributed by atoms with Gasteiger partial charge in [0.25, 0.3) is 12.3 Å². The van der Waals surface area contributed by atoms with Gasteiger partial charge in [0.05, 0.1) is 11.0 Å². The standard InChI is InChI=1S/C17H15F2N3OS/c18-15(19)16-20-13-4-1-11(7-14(13)21-16)17(23)22(12-2-3-12)8-10-5-6-24-9-10/h1,4-7,9,12,15H,2-3,8H2,(H,20,21). The number of fused-ring (bicyclic) bond motifs is 1. The number of benzene rings is 1. The highest BCUT2D eigenvalue weighted by Gasteiger charge is 2.33. The normalized spacial score (nSPS) is 14.5. The van der Waals surface area contributed by atoms with Gasteiger partial charge in [0.15, 0.2) is 5.82 Å². The zero-order chi connectivity index (χ0) is 16.7. The van der Waals surface area contributed by atoms with Crippen molar-refractivity contribution in [1.82, 2.24) is 14.9 Å². The summed E-state index contributed by atoms with van der Waals surface area (Å²) in [5.74, 6) is -0.439. The number of hydrogen-bond acceptors (Lipinski definition) is 3. The second-order valence-corrected chi connectivity index (χ2v) is 6.73. The number of rotatable bonds is 5. The number of aromatic amines is 1. The van der Waals surface area contributed by atoms with Gasteiger partial charge in [-0.05, 0) is 53.4 Å². The Labute approximate surface area is 141 Å². The van der Waals surface area contributed by atoms with Crippen LogP contribution in [0.25, 0.3) is 11.0 Å². The van der Waals surface area contributed by atoms with E-state index in [9.17, 15) is 13.6 Å². The summed E-state index contributed by atoms with van der Waals surface area (Å²) in [5.41, 5.74) is 2.51. The second kappa shape index (κ2) is 5.98. The molecular formula is C17H15F2N3OS. The minimum absolute atomic E-state index is 0.0706. The molecule has 1 aliphatic rings. The first-order chi connectivity index (χ1) is 11.6. The maximum Gasteiger partial charge on any atom is 0.295 e. The third kappa shape index (κ3) is 2.91. The predicted molar refractivity (Wildman–Crippen MR) is 88.3 cm³/mol. The van der Waals surface area contributed by atoms with Crippen molar-refractivity contribution >= 4 is 28.3 Å². The molecule has 0 radical (unpaired) electrons. The van der Waals surface area contributed by atoms with Crippen LogP contribution in [0.2, 0.25) is 0 Å². The molecule has 0 spiro atoms. The van der Waals surface area contributed by atoms with Crippen molar-refractivity contribution < 1.29 is 13.6 Å². The summed E-state index contributed by atoms with van der Waals surface area (Å²) < 4.78 is 25.5. The maximum absolute atomic E-state index is 12.9. The Balaban J connectivity index is 1.63. The van der Waals surface area contributed by atoms with Crippen molar-refractivity contribution in [2.45, 2.75) is 31.9 Å². The number of alkyl halides is 2. The topological polar surface area (TPSA) is 49.0 Å². The fourth-order valence-corrected chi connectivity index (χ4v) is 3.42. The maximum atomic E-state index is 12.9. The van der Waals surface area contributed by atoms with Crippen molar-refractivity contribution in [3.05, 3.63) is 52.0 Å². The van der Waals surface area contributed by atoms with Gasteiger partial charge in [0.1, 0.15) is 0 Å². The highest BCUT2D eigenvalue weighted by atomic mass is 32.1. The third-order valence-electron chi connectivity index (χ3n) is 4.14. The van der Waals surface area contributed by atoms with Gasteiger partial charge in [0, 0.05) is 18.2 Å². The van der Waals surface area contributed by atoms with E-state index >= 15 is 0 Å². The van der Waals surface area contributed by atoms with E-state index in [1.54, 1.807) is 29.5 Å². The summed E-state index contributed by atoms with van der Waals surface area (Å²) in [7, 11) is 0. The quantitative estimate of drug-likeness (QED) is 0.745. The van der Waals surface area contributed by atoms with Crippen LogP contribution in [0.4, 0.5) is 8.78 Å². The number of imidazole rings is 1. The second-order valence-electron chi connectivity index (χ2n) is 5.95. The molecule has 24 heavy (non-hydrogen) atoms. The number of halogens is 2. The Bertz CT molecular complexity index is 871. The molecule has 124 valence electrons. The number of H-pyrrole nitrogens is 1. The molecule has 1 fully saturated rings. The number of nitrogens with zero attached hydrogens (tertiary/aromatic N) is 2. The minimum Gasteiger partial charge on any atom is -0.337 e. The van der Waals surface area contributed by atoms with Gasteiger partial charge in [-0.3, -0.25) is 4.79 Å². The first-order valence-electron chi connectivity index (χ1n) is 7.71. The zero-order valence-electron chi connectivity index (χ0n) is 12.7. The SMILES string of the molecule is O=C(c1ccc2nc(C(F)F)[nH]c2c1)N(Cc1ccsc1)C1CC1. The lowest BCUT2D eigenvalue weighted by atomic mass is 10.1. The smallest absolute Gasteiger partial charge is 0.295 e. The molecule has 1 N–H and O–H groups in total. The van der Waals surface area contributed by atoms with Gasteiger partial charge in [-0.25, -0.2) is 13.8 Å². The molecule has 1 aromatic carbocycles. The molecule has 1 saturated carbocycles. The number of carbonyl (C=O) groups is 1. The Morgan fingerprint density at radius 3 is 2.88 bits per heavy atom. The summed E-state index contributed by atoms with van der Waals surface area (Å²) in [4.78, 5) is 21.2. The van der Waals surface area contributed by atoms with Crippen LogP contribution >= 0.6 is 11.3 Å². The molecule has 0 bridgehead atoms. The lowest BCUT2D eigenvalue weighted by molar-refractivity contribution is 0.0730. The molecular weight excluding hydrogens is 332 g/mol. The van der Waals surface area contributed by atoms with E-state index in [4.69, 9.17) is 0 Å². The van der Waals surface area contributed by atoms with E-state index in [0.29, 0.717) is 23.1 Å². The highest BCUT2D eigenvalue weighted by molar-refractivity contribution is 7.07. The molecule has 4 rings (SSSR count).